The van der Waals surface area contributed by atoms with E-state index in [1.165, 1.54) is 30.6 Å². The number of rotatable bonds is 7. The van der Waals surface area contributed by atoms with Crippen LogP contribution in [0.25, 0.3) is 21.3 Å². The van der Waals surface area contributed by atoms with Crippen molar-refractivity contribution in [1.29, 1.82) is 0 Å². The lowest BCUT2D eigenvalue weighted by atomic mass is 10.1. The first kappa shape index (κ1) is 24.1. The van der Waals surface area contributed by atoms with Crippen molar-refractivity contribution in [1.82, 2.24) is 4.98 Å². The fourth-order valence-corrected chi connectivity index (χ4v) is 5.59. The smallest absolute Gasteiger partial charge is 0.416 e. The van der Waals surface area contributed by atoms with Gasteiger partial charge in [0.15, 0.2) is 6.61 Å². The molecule has 34 heavy (non-hydrogen) atoms. The van der Waals surface area contributed by atoms with Crippen LogP contribution >= 0.6 is 23.1 Å². The van der Waals surface area contributed by atoms with Gasteiger partial charge in [-0.2, -0.15) is 13.2 Å². The minimum Gasteiger partial charge on any atom is -0.481 e. The summed E-state index contributed by atoms with van der Waals surface area (Å²) >= 11 is 3.12. The van der Waals surface area contributed by atoms with E-state index in [9.17, 15) is 18.0 Å². The zero-order chi connectivity index (χ0) is 24.3. The number of alkyl halides is 3. The van der Waals surface area contributed by atoms with Crippen molar-refractivity contribution in [2.45, 2.75) is 23.7 Å². The molecule has 1 aromatic heterocycles. The van der Waals surface area contributed by atoms with Crippen LogP contribution < -0.4 is 4.74 Å². The average Bonchev–Trinajstić information content (AvgIpc) is 3.21. The SMILES string of the molecule is COC(=O)COc1ccc(SCc2sc(-c3ccc(C(F)(F)F)cc3)nc2C)c2ccccc12. The van der Waals surface area contributed by atoms with Crippen molar-refractivity contribution >= 4 is 39.8 Å². The Morgan fingerprint density at radius 1 is 1.03 bits per heavy atom. The molecule has 4 rings (SSSR count). The predicted octanol–water partition coefficient (Wildman–Crippen LogP) is 7.13. The maximum Gasteiger partial charge on any atom is 0.416 e. The highest BCUT2D eigenvalue weighted by atomic mass is 32.2. The average molecular weight is 504 g/mol. The van der Waals surface area contributed by atoms with Gasteiger partial charge in [-0.1, -0.05) is 36.4 Å². The molecule has 0 spiro atoms. The molecule has 0 unspecified atom stereocenters. The number of carbonyl (C=O) groups excluding carboxylic acids is 1. The summed E-state index contributed by atoms with van der Waals surface area (Å²) in [5, 5.41) is 2.58. The van der Waals surface area contributed by atoms with Gasteiger partial charge < -0.3 is 9.47 Å². The van der Waals surface area contributed by atoms with Gasteiger partial charge in [0.25, 0.3) is 0 Å². The van der Waals surface area contributed by atoms with Crippen LogP contribution in [-0.4, -0.2) is 24.7 Å². The van der Waals surface area contributed by atoms with Gasteiger partial charge in [-0.15, -0.1) is 23.1 Å². The molecule has 4 nitrogen and oxygen atoms in total. The fourth-order valence-electron chi connectivity index (χ4n) is 3.32. The third kappa shape index (κ3) is 5.37. The van der Waals surface area contributed by atoms with Gasteiger partial charge in [-0.3, -0.25) is 0 Å². The van der Waals surface area contributed by atoms with Gasteiger partial charge in [-0.25, -0.2) is 9.78 Å². The highest BCUT2D eigenvalue weighted by molar-refractivity contribution is 7.98. The van der Waals surface area contributed by atoms with Crippen molar-refractivity contribution in [3.63, 3.8) is 0 Å². The molecular formula is C25H20F3NO3S2. The van der Waals surface area contributed by atoms with Crippen molar-refractivity contribution in [3.05, 3.63) is 76.8 Å². The Morgan fingerprint density at radius 3 is 2.41 bits per heavy atom. The van der Waals surface area contributed by atoms with E-state index in [4.69, 9.17) is 4.74 Å². The largest absolute Gasteiger partial charge is 0.481 e. The number of methoxy groups -OCH3 is 1. The number of carbonyl (C=O) groups is 1. The standard InChI is InChI=1S/C25H20F3NO3S2/c1-15-22(34-24(29-15)16-7-9-17(10-8-16)25(26,27)28)14-33-21-12-11-20(32-13-23(30)31-2)18-5-3-4-6-19(18)21/h3-12H,13-14H2,1-2H3. The van der Waals surface area contributed by atoms with Gasteiger partial charge in [-0.05, 0) is 36.6 Å². The molecule has 176 valence electrons. The molecule has 0 aliphatic rings. The summed E-state index contributed by atoms with van der Waals surface area (Å²) in [7, 11) is 1.31. The first-order valence-electron chi connectivity index (χ1n) is 10.2. The number of aromatic nitrogens is 1. The molecular weight excluding hydrogens is 483 g/mol. The summed E-state index contributed by atoms with van der Waals surface area (Å²) in [4.78, 5) is 18.1. The van der Waals surface area contributed by atoms with E-state index >= 15 is 0 Å². The number of halogens is 3. The molecule has 0 N–H and O–H groups in total. The Hall–Kier alpha value is -3.04. The lowest BCUT2D eigenvalue weighted by molar-refractivity contribution is -0.143. The Balaban J connectivity index is 1.52. The summed E-state index contributed by atoms with van der Waals surface area (Å²) in [6.07, 6.45) is -4.36. The van der Waals surface area contributed by atoms with Gasteiger partial charge >= 0.3 is 12.1 Å². The lowest BCUT2D eigenvalue weighted by Crippen LogP contribution is -2.12. The zero-order valence-corrected chi connectivity index (χ0v) is 19.9. The molecule has 1 heterocycles. The first-order valence-corrected chi connectivity index (χ1v) is 12.0. The number of aryl methyl sites for hydroxylation is 1. The number of thioether (sulfide) groups is 1. The van der Waals surface area contributed by atoms with Gasteiger partial charge in [0.2, 0.25) is 0 Å². The van der Waals surface area contributed by atoms with Crippen LogP contribution in [0.5, 0.6) is 5.75 Å². The highest BCUT2D eigenvalue weighted by Gasteiger charge is 2.30. The molecule has 0 saturated carbocycles. The number of esters is 1. The van der Waals surface area contributed by atoms with E-state index in [1.54, 1.807) is 11.8 Å². The molecule has 0 aliphatic heterocycles. The Morgan fingerprint density at radius 2 is 1.74 bits per heavy atom. The van der Waals surface area contributed by atoms with E-state index in [2.05, 4.69) is 9.72 Å². The molecule has 4 aromatic rings. The van der Waals surface area contributed by atoms with Crippen molar-refractivity contribution < 1.29 is 27.4 Å². The van der Waals surface area contributed by atoms with Crippen LogP contribution in [-0.2, 0) is 21.5 Å². The number of fused-ring (bicyclic) bond motifs is 1. The second-order valence-corrected chi connectivity index (χ2v) is 9.46. The van der Waals surface area contributed by atoms with E-state index in [-0.39, 0.29) is 6.61 Å². The van der Waals surface area contributed by atoms with Crippen LogP contribution in [0.2, 0.25) is 0 Å². The summed E-state index contributed by atoms with van der Waals surface area (Å²) in [5.74, 6) is 0.812. The predicted molar refractivity (Wildman–Crippen MR) is 128 cm³/mol. The monoisotopic (exact) mass is 503 g/mol. The van der Waals surface area contributed by atoms with E-state index < -0.39 is 17.7 Å². The second-order valence-electron chi connectivity index (χ2n) is 7.36. The molecule has 0 radical (unpaired) electrons. The number of thiazole rings is 1. The molecule has 0 saturated heterocycles. The van der Waals surface area contributed by atoms with Crippen LogP contribution in [0.3, 0.4) is 0 Å². The lowest BCUT2D eigenvalue weighted by Gasteiger charge is -2.11. The molecule has 0 amide bonds. The van der Waals surface area contributed by atoms with Crippen LogP contribution in [0, 0.1) is 6.92 Å². The molecule has 0 atom stereocenters. The Bertz CT molecular complexity index is 1320. The van der Waals surface area contributed by atoms with Crippen LogP contribution in [0.1, 0.15) is 16.1 Å². The number of hydrogen-bond donors (Lipinski definition) is 0. The minimum atomic E-state index is -4.36. The zero-order valence-electron chi connectivity index (χ0n) is 18.3. The van der Waals surface area contributed by atoms with Gasteiger partial charge in [0.05, 0.1) is 18.4 Å². The summed E-state index contributed by atoms with van der Waals surface area (Å²) in [6, 6.07) is 16.6. The van der Waals surface area contributed by atoms with Crippen LogP contribution in [0.15, 0.2) is 65.6 Å². The first-order chi connectivity index (χ1) is 16.3. The number of ether oxygens (including phenoxy) is 2. The summed E-state index contributed by atoms with van der Waals surface area (Å²) < 4.78 is 48.8. The van der Waals surface area contributed by atoms with Crippen LogP contribution in [0.4, 0.5) is 13.2 Å². The third-order valence-electron chi connectivity index (χ3n) is 5.13. The number of benzene rings is 3. The van der Waals surface area contributed by atoms with E-state index in [1.807, 2.05) is 43.3 Å². The quantitative estimate of drug-likeness (QED) is 0.198. The normalized spacial score (nSPS) is 11.6. The Labute approximate surface area is 202 Å². The van der Waals surface area contributed by atoms with E-state index in [0.717, 1.165) is 38.4 Å². The molecule has 0 aliphatic carbocycles. The molecule has 0 fully saturated rings. The topological polar surface area (TPSA) is 48.4 Å². The summed E-state index contributed by atoms with van der Waals surface area (Å²) in [5.41, 5.74) is 0.843. The number of nitrogens with zero attached hydrogens (tertiary/aromatic N) is 1. The van der Waals surface area contributed by atoms with Crippen molar-refractivity contribution in [2.75, 3.05) is 13.7 Å². The number of hydrogen-bond acceptors (Lipinski definition) is 6. The van der Waals surface area contributed by atoms with Crippen molar-refractivity contribution in [3.8, 4) is 16.3 Å². The molecule has 0 bridgehead atoms. The van der Waals surface area contributed by atoms with Crippen molar-refractivity contribution in [2.24, 2.45) is 0 Å². The fraction of sp³-hybridized carbons (Fsp3) is 0.200. The maximum atomic E-state index is 12.8. The summed E-state index contributed by atoms with van der Waals surface area (Å²) in [6.45, 7) is 1.74. The second kappa shape index (κ2) is 10.1. The maximum absolute atomic E-state index is 12.8. The highest BCUT2D eigenvalue weighted by Crippen LogP contribution is 2.38. The van der Waals surface area contributed by atoms with Gasteiger partial charge in [0, 0.05) is 26.5 Å². The van der Waals surface area contributed by atoms with Gasteiger partial charge in [0.1, 0.15) is 10.8 Å². The van der Waals surface area contributed by atoms with E-state index in [0.29, 0.717) is 22.1 Å². The third-order valence-corrected chi connectivity index (χ3v) is 7.62. The Kier molecular flexibility index (Phi) is 7.13. The molecule has 3 aromatic carbocycles. The molecule has 9 heteroatoms. The minimum absolute atomic E-state index is 0.167.